The lowest BCUT2D eigenvalue weighted by molar-refractivity contribution is -0.458. The van der Waals surface area contributed by atoms with Crippen molar-refractivity contribution in [3.63, 3.8) is 0 Å². The number of nitrogens with zero attached hydrogens (tertiary/aromatic N) is 1. The number of likely N-dealkylation sites (N-methyl/N-ethyl adjacent to an activating group) is 1. The first-order chi connectivity index (χ1) is 31.0. The molecule has 0 amide bonds. The zero-order chi connectivity index (χ0) is 51.5. The highest BCUT2D eigenvalue weighted by Gasteiger charge is 2.96. The predicted molar refractivity (Wildman–Crippen MR) is 193 cm³/mol. The average molecular weight is 1060 g/mol. The van der Waals surface area contributed by atoms with Crippen molar-refractivity contribution in [1.82, 2.24) is 4.31 Å². The summed E-state index contributed by atoms with van der Waals surface area (Å²) >= 11 is 0. The highest BCUT2D eigenvalue weighted by molar-refractivity contribution is 7.90. The monoisotopic (exact) mass is 1060 g/mol. The summed E-state index contributed by atoms with van der Waals surface area (Å²) in [6.07, 6.45) is -7.91. The number of alkyl halides is 17. The van der Waals surface area contributed by atoms with Gasteiger partial charge in [0.2, 0.25) is 0 Å². The molecule has 0 aromatic rings. The summed E-state index contributed by atoms with van der Waals surface area (Å²) in [5.41, 5.74) is 0. The molecule has 67 heavy (non-hydrogen) atoms. The Hall–Kier alpha value is -1.76. The van der Waals surface area contributed by atoms with E-state index in [2.05, 4.69) is 0 Å². The van der Waals surface area contributed by atoms with Crippen molar-refractivity contribution in [1.29, 1.82) is 0 Å². The quantitative estimate of drug-likeness (QED) is 0.0657. The van der Waals surface area contributed by atoms with Gasteiger partial charge < -0.3 is 57.2 Å². The van der Waals surface area contributed by atoms with E-state index < -0.39 is 87.6 Å². The lowest BCUT2D eigenvalue weighted by Crippen LogP contribution is -2.75. The Kier molecular flexibility index (Phi) is 30.1. The minimum atomic E-state index is -8.91. The van der Waals surface area contributed by atoms with Crippen LogP contribution >= 0.6 is 0 Å². The van der Waals surface area contributed by atoms with Crippen LogP contribution in [0.15, 0.2) is 0 Å². The molecule has 0 aromatic heterocycles. The van der Waals surface area contributed by atoms with Crippen LogP contribution in [0.2, 0.25) is 0 Å². The van der Waals surface area contributed by atoms with Crippen molar-refractivity contribution in [3.05, 3.63) is 0 Å². The molecule has 0 atom stereocenters. The highest BCUT2D eigenvalue weighted by atomic mass is 32.2. The maximum absolute atomic E-state index is 14.5. The van der Waals surface area contributed by atoms with Crippen molar-refractivity contribution in [2.75, 3.05) is 165 Å². The Morgan fingerprint density at radius 2 is 0.552 bits per heavy atom. The van der Waals surface area contributed by atoms with E-state index in [4.69, 9.17) is 57.2 Å². The molecule has 0 radical (unpaired) electrons. The van der Waals surface area contributed by atoms with Crippen LogP contribution in [-0.4, -0.2) is 230 Å². The van der Waals surface area contributed by atoms with E-state index in [0.29, 0.717) is 79.6 Å². The van der Waals surface area contributed by atoms with Gasteiger partial charge in [0.15, 0.2) is 0 Å². The molecular weight excluding hydrogens is 1000 g/mol. The van der Waals surface area contributed by atoms with E-state index in [-0.39, 0.29) is 66.1 Å². The van der Waals surface area contributed by atoms with Crippen molar-refractivity contribution in [2.45, 2.75) is 53.9 Å². The number of aliphatic hydroxyl groups excluding tert-OH is 1. The van der Waals surface area contributed by atoms with E-state index in [9.17, 15) is 83.1 Å². The largest absolute Gasteiger partial charge is 0.460 e. The molecule has 0 aliphatic heterocycles. The maximum atomic E-state index is 14.5. The van der Waals surface area contributed by atoms with Gasteiger partial charge in [0.05, 0.1) is 152 Å². The van der Waals surface area contributed by atoms with Gasteiger partial charge in [-0.1, -0.05) is 6.92 Å². The average Bonchev–Trinajstić information content (AvgIpc) is 3.24. The standard InChI is InChI=1S/C34H54F17NO14S/c1-2-52(67(54,55)34(50,51)32(45,46)30(41,42)28(37,38)27(35,36)29(39,40)31(43,44)33(47,48)49)3-5-56-7-9-58-11-13-60-15-17-62-19-21-64-23-25-66-26-24-65-22-20-63-18-16-61-14-12-59-10-8-57-6-4-53/h53H,2-26H2,1H3. The van der Waals surface area contributed by atoms with Crippen molar-refractivity contribution < 1.29 is 140 Å². The molecule has 33 heteroatoms. The molecule has 0 rings (SSSR count). The fourth-order valence-electron chi connectivity index (χ4n) is 4.45. The van der Waals surface area contributed by atoms with E-state index in [1.165, 1.54) is 0 Å². The lowest BCUT2D eigenvalue weighted by Gasteiger charge is -2.43. The van der Waals surface area contributed by atoms with Crippen LogP contribution in [0, 0.1) is 0 Å². The van der Waals surface area contributed by atoms with Gasteiger partial charge in [-0.25, -0.2) is 8.42 Å². The summed E-state index contributed by atoms with van der Waals surface area (Å²) in [6.45, 7) is 1.23. The van der Waals surface area contributed by atoms with Crippen molar-refractivity contribution >= 4 is 10.0 Å². The molecule has 0 aromatic carbocycles. The zero-order valence-electron chi connectivity index (χ0n) is 35.7. The van der Waals surface area contributed by atoms with Crippen LogP contribution in [0.1, 0.15) is 6.92 Å². The third kappa shape index (κ3) is 19.1. The summed E-state index contributed by atoms with van der Waals surface area (Å²) in [5.74, 6) is -52.0. The summed E-state index contributed by atoms with van der Waals surface area (Å²) in [5, 5.41) is 0.932. The Bertz CT molecular complexity index is 1410. The zero-order valence-corrected chi connectivity index (χ0v) is 36.5. The number of halogens is 17. The highest BCUT2D eigenvalue weighted by Crippen LogP contribution is 2.64. The third-order valence-electron chi connectivity index (χ3n) is 8.15. The summed E-state index contributed by atoms with van der Waals surface area (Å²) in [7, 11) is -7.41. The number of aliphatic hydroxyl groups is 1. The Morgan fingerprint density at radius 3 is 0.776 bits per heavy atom. The van der Waals surface area contributed by atoms with Gasteiger partial charge in [0.25, 0.3) is 10.0 Å². The van der Waals surface area contributed by atoms with Crippen LogP contribution in [-0.2, 0) is 62.1 Å². The lowest BCUT2D eigenvalue weighted by atomic mass is 9.91. The number of hydrogen-bond acceptors (Lipinski definition) is 14. The van der Waals surface area contributed by atoms with Gasteiger partial charge in [0.1, 0.15) is 0 Å². The normalized spacial score (nSPS) is 14.2. The second-order valence-electron chi connectivity index (χ2n) is 12.9. The SMILES string of the molecule is CCN(CCOCCOCCOCCOCCOCCOCCOCCOCCOCCOCCOCCO)S(=O)(=O)C(F)(F)C(F)(F)C(F)(F)C(F)(F)C(F)(F)C(F)(F)C(F)(F)C(F)(F)F. The number of rotatable bonds is 44. The summed E-state index contributed by atoms with van der Waals surface area (Å²) < 4.78 is 312. The van der Waals surface area contributed by atoms with Gasteiger partial charge in [-0.15, -0.1) is 0 Å². The number of hydrogen-bond donors (Lipinski definition) is 1. The molecule has 0 saturated heterocycles. The molecule has 1 N–H and O–H groups in total. The van der Waals surface area contributed by atoms with Crippen LogP contribution in [0.25, 0.3) is 0 Å². The second-order valence-corrected chi connectivity index (χ2v) is 14.9. The molecule has 0 spiro atoms. The van der Waals surface area contributed by atoms with Crippen molar-refractivity contribution in [2.24, 2.45) is 0 Å². The van der Waals surface area contributed by atoms with E-state index in [1.807, 2.05) is 0 Å². The molecule has 0 aliphatic carbocycles. The first-order valence-corrected chi connectivity index (χ1v) is 21.1. The molecule has 0 unspecified atom stereocenters. The predicted octanol–water partition coefficient (Wildman–Crippen LogP) is 4.78. The molecule has 404 valence electrons. The minimum absolute atomic E-state index is 0.00608. The molecule has 0 saturated carbocycles. The molecular formula is C34H54F17NO14S. The maximum Gasteiger partial charge on any atom is 0.460 e. The fourth-order valence-corrected chi connectivity index (χ4v) is 5.89. The van der Waals surface area contributed by atoms with Gasteiger partial charge in [-0.3, -0.25) is 0 Å². The first kappa shape index (κ1) is 65.2. The Labute approximate surface area is 373 Å². The van der Waals surface area contributed by atoms with Gasteiger partial charge in [-0.2, -0.15) is 78.9 Å². The summed E-state index contributed by atoms with van der Waals surface area (Å²) in [4.78, 5) is 0. The molecule has 0 bridgehead atoms. The molecule has 0 fully saturated rings. The first-order valence-electron chi connectivity index (χ1n) is 19.7. The molecule has 0 aliphatic rings. The van der Waals surface area contributed by atoms with Gasteiger partial charge >= 0.3 is 47.0 Å². The molecule has 0 heterocycles. The van der Waals surface area contributed by atoms with Gasteiger partial charge in [-0.05, 0) is 0 Å². The van der Waals surface area contributed by atoms with Crippen LogP contribution in [0.5, 0.6) is 0 Å². The number of sulfonamides is 1. The smallest absolute Gasteiger partial charge is 0.394 e. The van der Waals surface area contributed by atoms with Crippen LogP contribution in [0.3, 0.4) is 0 Å². The Balaban J connectivity index is 4.25. The second kappa shape index (κ2) is 30.9. The summed E-state index contributed by atoms with van der Waals surface area (Å²) in [6, 6.07) is 0. The minimum Gasteiger partial charge on any atom is -0.394 e. The molecule has 15 nitrogen and oxygen atoms in total. The van der Waals surface area contributed by atoms with E-state index in [0.717, 1.165) is 0 Å². The van der Waals surface area contributed by atoms with Crippen molar-refractivity contribution in [3.8, 4) is 0 Å². The van der Waals surface area contributed by atoms with E-state index >= 15 is 0 Å². The van der Waals surface area contributed by atoms with Crippen LogP contribution < -0.4 is 0 Å². The fraction of sp³-hybridized carbons (Fsp3) is 1.00. The van der Waals surface area contributed by atoms with E-state index in [1.54, 1.807) is 0 Å². The topological polar surface area (TPSA) is 159 Å². The Morgan fingerprint density at radius 1 is 0.343 bits per heavy atom. The van der Waals surface area contributed by atoms with Crippen LogP contribution in [0.4, 0.5) is 74.6 Å². The number of ether oxygens (including phenoxy) is 11. The third-order valence-corrected chi connectivity index (χ3v) is 10.2. The van der Waals surface area contributed by atoms with Gasteiger partial charge in [0, 0.05) is 13.1 Å².